The molecule has 1 atom stereocenters. The summed E-state index contributed by atoms with van der Waals surface area (Å²) in [6.07, 6.45) is 4.20. The van der Waals surface area contributed by atoms with Gasteiger partial charge in [-0.3, -0.25) is 4.79 Å². The summed E-state index contributed by atoms with van der Waals surface area (Å²) >= 11 is 6.06. The van der Waals surface area contributed by atoms with E-state index in [4.69, 9.17) is 11.6 Å². The van der Waals surface area contributed by atoms with Crippen LogP contribution in [0.5, 0.6) is 0 Å². The smallest absolute Gasteiger partial charge is 0.231 e. The fraction of sp³-hybridized carbons (Fsp3) is 0.364. The van der Waals surface area contributed by atoms with E-state index < -0.39 is 0 Å². The van der Waals surface area contributed by atoms with Crippen LogP contribution in [0.1, 0.15) is 24.0 Å². The number of hydrogen-bond acceptors (Lipinski definition) is 4. The van der Waals surface area contributed by atoms with E-state index in [0.717, 1.165) is 53.9 Å². The Morgan fingerprint density at radius 3 is 2.75 bits per heavy atom. The number of nitrogens with one attached hydrogen (secondary N) is 1. The predicted octanol–water partition coefficient (Wildman–Crippen LogP) is 3.77. The van der Waals surface area contributed by atoms with E-state index in [2.05, 4.69) is 23.6 Å². The third-order valence-corrected chi connectivity index (χ3v) is 5.95. The lowest BCUT2D eigenvalue weighted by Gasteiger charge is -2.28. The van der Waals surface area contributed by atoms with Crippen LogP contribution < -0.4 is 10.2 Å². The van der Waals surface area contributed by atoms with Crippen molar-refractivity contribution in [2.45, 2.75) is 25.9 Å². The highest BCUT2D eigenvalue weighted by Crippen LogP contribution is 2.37. The second-order valence-electron chi connectivity index (χ2n) is 7.53. The summed E-state index contributed by atoms with van der Waals surface area (Å²) in [5, 5.41) is 13.4. The van der Waals surface area contributed by atoms with Crippen molar-refractivity contribution in [3.63, 3.8) is 0 Å². The fourth-order valence-electron chi connectivity index (χ4n) is 4.11. The number of halogens is 1. The Labute approximate surface area is 170 Å². The van der Waals surface area contributed by atoms with Crippen molar-refractivity contribution in [1.29, 1.82) is 5.26 Å². The monoisotopic (exact) mass is 394 g/mol. The first-order chi connectivity index (χ1) is 13.6. The van der Waals surface area contributed by atoms with E-state index >= 15 is 0 Å². The van der Waals surface area contributed by atoms with Gasteiger partial charge in [0.2, 0.25) is 5.91 Å². The average Bonchev–Trinajstić information content (AvgIpc) is 3.16. The molecule has 6 heteroatoms. The summed E-state index contributed by atoms with van der Waals surface area (Å²) in [7, 11) is 1.85. The van der Waals surface area contributed by atoms with Gasteiger partial charge in [0.05, 0.1) is 19.0 Å². The number of amides is 1. The molecule has 4 rings (SSSR count). The quantitative estimate of drug-likeness (QED) is 0.805. The van der Waals surface area contributed by atoms with Gasteiger partial charge >= 0.3 is 0 Å². The van der Waals surface area contributed by atoms with Crippen molar-refractivity contribution >= 4 is 23.2 Å². The minimum atomic E-state index is 0.0154. The lowest BCUT2D eigenvalue weighted by atomic mass is 9.94. The standard InChI is InChI=1S/C22H23ClN4O/c1-26(22(28)16-3-2-8-25-11-16)19-9-17-12-27(14-24)13-21(17)20(10-19)15-4-6-18(23)7-5-15/h4-7,9-10,16,25H,2-3,8,11-13H2,1H3/t16-/m1/s1. The lowest BCUT2D eigenvalue weighted by Crippen LogP contribution is -2.41. The van der Waals surface area contributed by atoms with E-state index in [9.17, 15) is 10.1 Å². The summed E-state index contributed by atoms with van der Waals surface area (Å²) in [6, 6.07) is 11.8. The van der Waals surface area contributed by atoms with Crippen LogP contribution in [0.2, 0.25) is 5.02 Å². The molecule has 28 heavy (non-hydrogen) atoms. The minimum absolute atomic E-state index is 0.0154. The first kappa shape index (κ1) is 18.8. The molecule has 0 aliphatic carbocycles. The van der Waals surface area contributed by atoms with Crippen molar-refractivity contribution in [1.82, 2.24) is 10.2 Å². The molecule has 144 valence electrons. The molecule has 1 fully saturated rings. The maximum Gasteiger partial charge on any atom is 0.231 e. The van der Waals surface area contributed by atoms with E-state index in [-0.39, 0.29) is 11.8 Å². The van der Waals surface area contributed by atoms with Crippen LogP contribution >= 0.6 is 11.6 Å². The molecular formula is C22H23ClN4O. The number of piperidine rings is 1. The van der Waals surface area contributed by atoms with Crippen molar-refractivity contribution in [2.75, 3.05) is 25.0 Å². The van der Waals surface area contributed by atoms with Crippen LogP contribution in [0, 0.1) is 17.4 Å². The summed E-state index contributed by atoms with van der Waals surface area (Å²) in [5.41, 5.74) is 5.23. The van der Waals surface area contributed by atoms with Gasteiger partial charge in [0.15, 0.2) is 6.19 Å². The zero-order valence-electron chi connectivity index (χ0n) is 15.9. The third kappa shape index (κ3) is 3.58. The Hall–Kier alpha value is -2.55. The molecule has 0 aromatic heterocycles. The van der Waals surface area contributed by atoms with Crippen LogP contribution in [-0.2, 0) is 17.9 Å². The summed E-state index contributed by atoms with van der Waals surface area (Å²) < 4.78 is 0. The first-order valence-corrected chi connectivity index (χ1v) is 9.99. The highest BCUT2D eigenvalue weighted by atomic mass is 35.5. The van der Waals surface area contributed by atoms with E-state index in [0.29, 0.717) is 18.1 Å². The molecule has 1 amide bonds. The maximum absolute atomic E-state index is 13.0. The van der Waals surface area contributed by atoms with Gasteiger partial charge in [-0.15, -0.1) is 0 Å². The number of anilines is 1. The molecule has 0 bridgehead atoms. The SMILES string of the molecule is CN(C(=O)[C@@H]1CCCNC1)c1cc2c(c(-c3ccc(Cl)cc3)c1)CN(C#N)C2. The molecule has 5 nitrogen and oxygen atoms in total. The highest BCUT2D eigenvalue weighted by molar-refractivity contribution is 6.30. The summed E-state index contributed by atoms with van der Waals surface area (Å²) in [4.78, 5) is 16.5. The van der Waals surface area contributed by atoms with Gasteiger partial charge in [-0.05, 0) is 65.9 Å². The Bertz CT molecular complexity index is 929. The molecule has 0 spiro atoms. The van der Waals surface area contributed by atoms with Crippen LogP contribution in [-0.4, -0.2) is 30.9 Å². The maximum atomic E-state index is 13.0. The topological polar surface area (TPSA) is 59.4 Å². The number of carbonyl (C=O) groups excluding carboxylic acids is 1. The molecule has 2 aliphatic rings. The zero-order chi connectivity index (χ0) is 19.7. The number of fused-ring (bicyclic) bond motifs is 1. The second-order valence-corrected chi connectivity index (χ2v) is 7.97. The fourth-order valence-corrected chi connectivity index (χ4v) is 4.24. The number of nitriles is 1. The number of rotatable bonds is 3. The second kappa shape index (κ2) is 7.83. The van der Waals surface area contributed by atoms with Gasteiger partial charge in [0.25, 0.3) is 0 Å². The number of nitrogens with zero attached hydrogens (tertiary/aromatic N) is 3. The predicted molar refractivity (Wildman–Crippen MR) is 111 cm³/mol. The third-order valence-electron chi connectivity index (χ3n) is 5.70. The van der Waals surface area contributed by atoms with E-state index in [1.165, 1.54) is 0 Å². The minimum Gasteiger partial charge on any atom is -0.316 e. The molecule has 2 aromatic rings. The summed E-state index contributed by atoms with van der Waals surface area (Å²) in [5.74, 6) is 0.158. The van der Waals surface area contributed by atoms with Crippen molar-refractivity contribution < 1.29 is 4.79 Å². The van der Waals surface area contributed by atoms with Crippen molar-refractivity contribution in [3.8, 4) is 17.3 Å². The Morgan fingerprint density at radius 1 is 1.29 bits per heavy atom. The van der Waals surface area contributed by atoms with Crippen LogP contribution in [0.4, 0.5) is 5.69 Å². The molecular weight excluding hydrogens is 372 g/mol. The highest BCUT2D eigenvalue weighted by Gasteiger charge is 2.28. The normalized spacial score (nSPS) is 18.5. The Balaban J connectivity index is 1.72. The number of benzene rings is 2. The van der Waals surface area contributed by atoms with Crippen LogP contribution in [0.3, 0.4) is 0 Å². The zero-order valence-corrected chi connectivity index (χ0v) is 16.7. The van der Waals surface area contributed by atoms with Crippen LogP contribution in [0.15, 0.2) is 36.4 Å². The molecule has 0 unspecified atom stereocenters. The Morgan fingerprint density at radius 2 is 2.07 bits per heavy atom. The van der Waals surface area contributed by atoms with Gasteiger partial charge in [-0.1, -0.05) is 23.7 Å². The molecule has 1 saturated heterocycles. The number of hydrogen-bond donors (Lipinski definition) is 1. The number of carbonyl (C=O) groups is 1. The van der Waals surface area contributed by atoms with Crippen molar-refractivity contribution in [3.05, 3.63) is 52.5 Å². The lowest BCUT2D eigenvalue weighted by molar-refractivity contribution is -0.122. The van der Waals surface area contributed by atoms with Gasteiger partial charge in [-0.25, -0.2) is 0 Å². The van der Waals surface area contributed by atoms with Gasteiger partial charge in [0, 0.05) is 24.3 Å². The molecule has 0 saturated carbocycles. The van der Waals surface area contributed by atoms with Crippen LogP contribution in [0.25, 0.3) is 11.1 Å². The molecule has 1 N–H and O–H groups in total. The van der Waals surface area contributed by atoms with Gasteiger partial charge in [-0.2, -0.15) is 5.26 Å². The van der Waals surface area contributed by atoms with Gasteiger partial charge < -0.3 is 15.1 Å². The molecule has 2 heterocycles. The Kier molecular flexibility index (Phi) is 5.25. The van der Waals surface area contributed by atoms with Crippen molar-refractivity contribution in [2.24, 2.45) is 5.92 Å². The molecule has 2 aliphatic heterocycles. The molecule has 0 radical (unpaired) electrons. The van der Waals surface area contributed by atoms with Gasteiger partial charge in [0.1, 0.15) is 0 Å². The first-order valence-electron chi connectivity index (χ1n) is 9.61. The largest absolute Gasteiger partial charge is 0.316 e. The van der Waals surface area contributed by atoms with E-state index in [1.807, 2.05) is 31.3 Å². The molecule has 2 aromatic carbocycles. The van der Waals surface area contributed by atoms with E-state index in [1.54, 1.807) is 9.80 Å². The summed E-state index contributed by atoms with van der Waals surface area (Å²) in [6.45, 7) is 2.89. The average molecular weight is 395 g/mol.